The van der Waals surface area contributed by atoms with Crippen LogP contribution in [0.15, 0.2) is 121 Å². The van der Waals surface area contributed by atoms with E-state index >= 15 is 0 Å². The molecular weight excluding hydrogens is 428 g/mol. The van der Waals surface area contributed by atoms with Gasteiger partial charge in [-0.25, -0.2) is 0 Å². The van der Waals surface area contributed by atoms with Gasteiger partial charge in [0.1, 0.15) is 11.5 Å². The summed E-state index contributed by atoms with van der Waals surface area (Å²) in [5.74, 6) is 8.15. The molecule has 0 saturated heterocycles. The fraction of sp³-hybridized carbons (Fsp3) is 0.0303. The van der Waals surface area contributed by atoms with Crippen molar-refractivity contribution in [2.45, 2.75) is 0 Å². The van der Waals surface area contributed by atoms with Crippen molar-refractivity contribution >= 4 is 32.3 Å². The van der Waals surface area contributed by atoms with Gasteiger partial charge in [-0.3, -0.25) is 0 Å². The molecule has 0 saturated carbocycles. The minimum atomic E-state index is 0.152. The minimum absolute atomic E-state index is 0.152. The van der Waals surface area contributed by atoms with Crippen LogP contribution in [0.2, 0.25) is 0 Å². The molecular formula is C33H22O2. The summed E-state index contributed by atoms with van der Waals surface area (Å²) in [7, 11) is 0. The van der Waals surface area contributed by atoms with Crippen LogP contribution in [0.3, 0.4) is 0 Å². The SMILES string of the molecule is C(#Cc1ccc2cc(OCOc3ccc4ccccc4c3)ccc2c1)c1ccc2ccccc2c1. The average molecular weight is 451 g/mol. The van der Waals surface area contributed by atoms with Gasteiger partial charge in [0.05, 0.1) is 0 Å². The molecule has 0 unspecified atom stereocenters. The zero-order valence-electron chi connectivity index (χ0n) is 19.1. The second kappa shape index (κ2) is 9.25. The second-order valence-corrected chi connectivity index (χ2v) is 8.45. The van der Waals surface area contributed by atoms with E-state index in [0.29, 0.717) is 0 Å². The Bertz CT molecular complexity index is 1740. The topological polar surface area (TPSA) is 18.5 Å². The smallest absolute Gasteiger partial charge is 0.230 e. The standard InChI is InChI=1S/C33H22O2/c1-3-7-28-19-24(11-13-26(28)5-1)9-10-25-12-14-31-22-33(18-16-30(31)20-25)35-23-34-32-17-15-27-6-2-4-8-29(27)21-32/h1-8,11-22H,23H2. The highest BCUT2D eigenvalue weighted by Gasteiger charge is 2.01. The molecule has 0 N–H and O–H groups in total. The lowest BCUT2D eigenvalue weighted by Gasteiger charge is -2.10. The number of fused-ring (bicyclic) bond motifs is 3. The van der Waals surface area contributed by atoms with Gasteiger partial charge in [0.15, 0.2) is 0 Å². The molecule has 35 heavy (non-hydrogen) atoms. The maximum Gasteiger partial charge on any atom is 0.230 e. The van der Waals surface area contributed by atoms with E-state index in [-0.39, 0.29) is 6.79 Å². The van der Waals surface area contributed by atoms with E-state index in [1.807, 2.05) is 42.5 Å². The van der Waals surface area contributed by atoms with Crippen molar-refractivity contribution in [3.8, 4) is 23.3 Å². The summed E-state index contributed by atoms with van der Waals surface area (Å²) in [6, 6.07) is 41.2. The zero-order valence-corrected chi connectivity index (χ0v) is 19.1. The summed E-state index contributed by atoms with van der Waals surface area (Å²) in [5, 5.41) is 6.99. The van der Waals surface area contributed by atoms with Crippen molar-refractivity contribution in [1.29, 1.82) is 0 Å². The highest BCUT2D eigenvalue weighted by Crippen LogP contribution is 2.24. The van der Waals surface area contributed by atoms with E-state index in [9.17, 15) is 0 Å². The molecule has 0 fully saturated rings. The van der Waals surface area contributed by atoms with Crippen LogP contribution < -0.4 is 9.47 Å². The number of ether oxygens (including phenoxy) is 2. The number of rotatable bonds is 4. The van der Waals surface area contributed by atoms with Crippen molar-refractivity contribution < 1.29 is 9.47 Å². The first-order chi connectivity index (χ1) is 17.3. The summed E-state index contributed by atoms with van der Waals surface area (Å²) in [4.78, 5) is 0. The van der Waals surface area contributed by atoms with E-state index in [2.05, 4.69) is 90.7 Å². The lowest BCUT2D eigenvalue weighted by atomic mass is 10.1. The molecule has 0 radical (unpaired) electrons. The second-order valence-electron chi connectivity index (χ2n) is 8.45. The average Bonchev–Trinajstić information content (AvgIpc) is 2.91. The Labute approximate surface area is 204 Å². The van der Waals surface area contributed by atoms with Gasteiger partial charge >= 0.3 is 0 Å². The number of hydrogen-bond acceptors (Lipinski definition) is 2. The Balaban J connectivity index is 1.14. The van der Waals surface area contributed by atoms with E-state index in [4.69, 9.17) is 9.47 Å². The molecule has 6 rings (SSSR count). The molecule has 0 spiro atoms. The van der Waals surface area contributed by atoms with E-state index in [1.54, 1.807) is 0 Å². The molecule has 0 atom stereocenters. The first-order valence-corrected chi connectivity index (χ1v) is 11.6. The summed E-state index contributed by atoms with van der Waals surface area (Å²) < 4.78 is 11.7. The first-order valence-electron chi connectivity index (χ1n) is 11.6. The Morgan fingerprint density at radius 3 is 1.40 bits per heavy atom. The number of hydrogen-bond donors (Lipinski definition) is 0. The Kier molecular flexibility index (Phi) is 5.51. The summed E-state index contributed by atoms with van der Waals surface area (Å²) in [6.07, 6.45) is 0. The maximum atomic E-state index is 5.85. The quantitative estimate of drug-likeness (QED) is 0.200. The van der Waals surface area contributed by atoms with Gasteiger partial charge in [-0.1, -0.05) is 84.6 Å². The van der Waals surface area contributed by atoms with Crippen LogP contribution in [0.1, 0.15) is 11.1 Å². The number of benzene rings is 6. The van der Waals surface area contributed by atoms with Gasteiger partial charge in [0.25, 0.3) is 0 Å². The normalized spacial score (nSPS) is 10.7. The van der Waals surface area contributed by atoms with E-state index in [1.165, 1.54) is 16.2 Å². The molecule has 2 heteroatoms. The zero-order chi connectivity index (χ0) is 23.5. The van der Waals surface area contributed by atoms with Gasteiger partial charge in [-0.15, -0.1) is 0 Å². The van der Waals surface area contributed by atoms with Crippen LogP contribution in [0.5, 0.6) is 11.5 Å². The van der Waals surface area contributed by atoms with Crippen molar-refractivity contribution in [1.82, 2.24) is 0 Å². The van der Waals surface area contributed by atoms with E-state index in [0.717, 1.165) is 38.8 Å². The third-order valence-electron chi connectivity index (χ3n) is 6.08. The van der Waals surface area contributed by atoms with Gasteiger partial charge in [0.2, 0.25) is 6.79 Å². The van der Waals surface area contributed by atoms with Crippen LogP contribution >= 0.6 is 0 Å². The highest BCUT2D eigenvalue weighted by molar-refractivity contribution is 5.86. The Hall–Kier alpha value is -4.74. The van der Waals surface area contributed by atoms with Crippen molar-refractivity contribution in [2.24, 2.45) is 0 Å². The van der Waals surface area contributed by atoms with Crippen molar-refractivity contribution in [2.75, 3.05) is 6.79 Å². The maximum absolute atomic E-state index is 5.85. The van der Waals surface area contributed by atoms with Crippen molar-refractivity contribution in [3.05, 3.63) is 132 Å². The van der Waals surface area contributed by atoms with Crippen molar-refractivity contribution in [3.63, 3.8) is 0 Å². The van der Waals surface area contributed by atoms with Crippen LogP contribution in [-0.2, 0) is 0 Å². The predicted molar refractivity (Wildman–Crippen MR) is 144 cm³/mol. The minimum Gasteiger partial charge on any atom is -0.457 e. The monoisotopic (exact) mass is 450 g/mol. The molecule has 0 aliphatic heterocycles. The van der Waals surface area contributed by atoms with Gasteiger partial charge in [0, 0.05) is 11.1 Å². The molecule has 0 aliphatic rings. The molecule has 0 aliphatic carbocycles. The Morgan fingerprint density at radius 1 is 0.400 bits per heavy atom. The molecule has 166 valence electrons. The van der Waals surface area contributed by atoms with Gasteiger partial charge in [-0.05, 0) is 80.8 Å². The summed E-state index contributed by atoms with van der Waals surface area (Å²) >= 11 is 0. The van der Waals surface area contributed by atoms with Crippen LogP contribution in [0.25, 0.3) is 32.3 Å². The first kappa shape index (κ1) is 20.8. The lowest BCUT2D eigenvalue weighted by Crippen LogP contribution is -2.05. The third-order valence-corrected chi connectivity index (χ3v) is 6.08. The fourth-order valence-electron chi connectivity index (χ4n) is 4.23. The van der Waals surface area contributed by atoms with Gasteiger partial charge in [-0.2, -0.15) is 0 Å². The molecule has 6 aromatic rings. The lowest BCUT2D eigenvalue weighted by molar-refractivity contribution is 0.120. The fourth-order valence-corrected chi connectivity index (χ4v) is 4.23. The van der Waals surface area contributed by atoms with Crippen LogP contribution in [0.4, 0.5) is 0 Å². The largest absolute Gasteiger partial charge is 0.457 e. The molecule has 2 nitrogen and oxygen atoms in total. The predicted octanol–water partition coefficient (Wildman–Crippen LogP) is 7.96. The highest BCUT2D eigenvalue weighted by atomic mass is 16.7. The van der Waals surface area contributed by atoms with E-state index < -0.39 is 0 Å². The van der Waals surface area contributed by atoms with Crippen LogP contribution in [0, 0.1) is 11.8 Å². The molecule has 0 amide bonds. The third kappa shape index (κ3) is 4.67. The summed E-state index contributed by atoms with van der Waals surface area (Å²) in [6.45, 7) is 0.152. The summed E-state index contributed by atoms with van der Waals surface area (Å²) in [5.41, 5.74) is 2.00. The van der Waals surface area contributed by atoms with Crippen LogP contribution in [-0.4, -0.2) is 6.79 Å². The molecule has 0 aromatic heterocycles. The van der Waals surface area contributed by atoms with Gasteiger partial charge < -0.3 is 9.47 Å². The molecule has 0 heterocycles. The molecule has 0 bridgehead atoms. The Morgan fingerprint density at radius 2 is 0.800 bits per heavy atom. The molecule has 6 aromatic carbocycles.